The van der Waals surface area contributed by atoms with E-state index in [4.69, 9.17) is 25.8 Å². The van der Waals surface area contributed by atoms with Crippen molar-refractivity contribution in [3.05, 3.63) is 88.5 Å². The molecule has 1 unspecified atom stereocenters. The number of methoxy groups -OCH3 is 1. The normalized spacial score (nSPS) is 16.5. The minimum absolute atomic E-state index is 0.140. The molecule has 3 aromatic rings. The van der Waals surface area contributed by atoms with Crippen molar-refractivity contribution in [2.75, 3.05) is 18.6 Å². The van der Waals surface area contributed by atoms with Gasteiger partial charge in [0.05, 0.1) is 30.4 Å². The van der Waals surface area contributed by atoms with Crippen LogP contribution in [0.4, 0.5) is 5.69 Å². The van der Waals surface area contributed by atoms with Crippen LogP contribution in [0.15, 0.2) is 72.3 Å². The average Bonchev–Trinajstić information content (AvgIpc) is 3.15. The molecule has 4 rings (SSSR count). The molecule has 0 saturated carbocycles. The molecule has 190 valence electrons. The minimum Gasteiger partial charge on any atom is -0.507 e. The molecule has 1 saturated heterocycles. The summed E-state index contributed by atoms with van der Waals surface area (Å²) in [7, 11) is 1.52. The van der Waals surface area contributed by atoms with Crippen molar-refractivity contribution in [1.29, 1.82) is 0 Å². The highest BCUT2D eigenvalue weighted by molar-refractivity contribution is 6.52. The van der Waals surface area contributed by atoms with E-state index in [-0.39, 0.29) is 21.9 Å². The van der Waals surface area contributed by atoms with E-state index in [2.05, 4.69) is 0 Å². The number of amides is 1. The molecule has 8 nitrogen and oxygen atoms in total. The molecule has 37 heavy (non-hydrogen) atoms. The number of benzene rings is 3. The molecule has 1 atom stereocenters. The smallest absolute Gasteiger partial charge is 0.308 e. The lowest BCUT2D eigenvalue weighted by Crippen LogP contribution is -2.29. The van der Waals surface area contributed by atoms with Crippen molar-refractivity contribution >= 4 is 40.7 Å². The molecule has 0 radical (unpaired) electrons. The first-order chi connectivity index (χ1) is 17.7. The zero-order valence-corrected chi connectivity index (χ0v) is 21.1. The lowest BCUT2D eigenvalue weighted by atomic mass is 9.95. The quantitative estimate of drug-likeness (QED) is 0.148. The summed E-state index contributed by atoms with van der Waals surface area (Å²) in [6.45, 7) is 3.46. The van der Waals surface area contributed by atoms with Crippen molar-refractivity contribution in [3.8, 4) is 17.2 Å². The van der Waals surface area contributed by atoms with Gasteiger partial charge in [-0.05, 0) is 67.1 Å². The Morgan fingerprint density at radius 2 is 1.70 bits per heavy atom. The summed E-state index contributed by atoms with van der Waals surface area (Å²) in [5.74, 6) is -1.49. The summed E-state index contributed by atoms with van der Waals surface area (Å²) in [6, 6.07) is 16.6. The summed E-state index contributed by atoms with van der Waals surface area (Å²) < 4.78 is 16.0. The number of nitrogens with zero attached hydrogens (tertiary/aromatic N) is 1. The van der Waals surface area contributed by atoms with Crippen LogP contribution in [0.3, 0.4) is 0 Å². The number of carbonyl (C=O) groups is 3. The molecule has 3 aromatic carbocycles. The first kappa shape index (κ1) is 25.8. The highest BCUT2D eigenvalue weighted by Gasteiger charge is 2.47. The minimum atomic E-state index is -1.05. The molecular formula is C28H24ClNO7. The van der Waals surface area contributed by atoms with Gasteiger partial charge in [0.15, 0.2) is 0 Å². The monoisotopic (exact) mass is 521 g/mol. The van der Waals surface area contributed by atoms with Crippen LogP contribution in [0, 0.1) is 0 Å². The lowest BCUT2D eigenvalue weighted by Gasteiger charge is -2.26. The number of aliphatic hydroxyl groups is 1. The van der Waals surface area contributed by atoms with Crippen molar-refractivity contribution < 1.29 is 33.7 Å². The summed E-state index contributed by atoms with van der Waals surface area (Å²) in [5.41, 5.74) is 0.809. The fourth-order valence-corrected chi connectivity index (χ4v) is 4.37. The molecule has 1 fully saturated rings. The van der Waals surface area contributed by atoms with E-state index in [0.29, 0.717) is 29.4 Å². The van der Waals surface area contributed by atoms with Gasteiger partial charge in [-0.1, -0.05) is 23.7 Å². The van der Waals surface area contributed by atoms with E-state index in [1.165, 1.54) is 31.1 Å². The Morgan fingerprint density at radius 3 is 2.35 bits per heavy atom. The summed E-state index contributed by atoms with van der Waals surface area (Å²) in [4.78, 5) is 39.6. The first-order valence-electron chi connectivity index (χ1n) is 11.4. The number of aliphatic hydroxyl groups excluding tert-OH is 1. The maximum atomic E-state index is 13.4. The first-order valence-corrected chi connectivity index (χ1v) is 11.8. The van der Waals surface area contributed by atoms with Crippen LogP contribution in [-0.2, 0) is 14.4 Å². The van der Waals surface area contributed by atoms with Gasteiger partial charge in [-0.2, -0.15) is 0 Å². The van der Waals surface area contributed by atoms with Crippen LogP contribution in [0.1, 0.15) is 31.0 Å². The fourth-order valence-electron chi connectivity index (χ4n) is 4.16. The number of hydrogen-bond acceptors (Lipinski definition) is 7. The van der Waals surface area contributed by atoms with Gasteiger partial charge >= 0.3 is 5.97 Å². The Morgan fingerprint density at radius 1 is 1.00 bits per heavy atom. The second-order valence-corrected chi connectivity index (χ2v) is 8.52. The molecule has 0 spiro atoms. The molecule has 0 aliphatic carbocycles. The van der Waals surface area contributed by atoms with Crippen LogP contribution < -0.4 is 19.1 Å². The van der Waals surface area contributed by atoms with E-state index in [1.807, 2.05) is 6.92 Å². The Labute approximate surface area is 218 Å². The molecule has 1 aliphatic rings. The number of ketones is 1. The van der Waals surface area contributed by atoms with Gasteiger partial charge in [0.1, 0.15) is 23.0 Å². The number of hydrogen-bond donors (Lipinski definition) is 1. The third-order valence-electron chi connectivity index (χ3n) is 5.73. The summed E-state index contributed by atoms with van der Waals surface area (Å²) in [5, 5.41) is 11.6. The molecule has 1 aliphatic heterocycles. The van der Waals surface area contributed by atoms with Crippen molar-refractivity contribution in [2.24, 2.45) is 0 Å². The summed E-state index contributed by atoms with van der Waals surface area (Å²) in [6.07, 6.45) is 0. The SMILES string of the molecule is CCOc1ccc(Cl)c(/C(O)=C2\C(=O)C(=O)N(c3ccc(OC)cc3)C2c2cccc(OC(C)=O)c2)c1. The molecule has 1 heterocycles. The van der Waals surface area contributed by atoms with E-state index in [0.717, 1.165) is 0 Å². The van der Waals surface area contributed by atoms with Crippen molar-refractivity contribution in [2.45, 2.75) is 19.9 Å². The van der Waals surface area contributed by atoms with Crippen LogP contribution in [-0.4, -0.2) is 36.5 Å². The van der Waals surface area contributed by atoms with Gasteiger partial charge in [-0.25, -0.2) is 0 Å². The number of ether oxygens (including phenoxy) is 3. The molecule has 1 N–H and O–H groups in total. The number of esters is 1. The van der Waals surface area contributed by atoms with Crippen LogP contribution in [0.5, 0.6) is 17.2 Å². The van der Waals surface area contributed by atoms with Gasteiger partial charge in [-0.3, -0.25) is 19.3 Å². The Bertz CT molecular complexity index is 1400. The number of carbonyl (C=O) groups excluding carboxylic acids is 3. The molecule has 1 amide bonds. The van der Waals surface area contributed by atoms with Gasteiger partial charge in [0.25, 0.3) is 11.7 Å². The average molecular weight is 522 g/mol. The zero-order chi connectivity index (χ0) is 26.7. The summed E-state index contributed by atoms with van der Waals surface area (Å²) >= 11 is 6.39. The number of anilines is 1. The van der Waals surface area contributed by atoms with Crippen LogP contribution in [0.2, 0.25) is 5.02 Å². The standard InChI is InChI=1S/C28H24ClNO7/c1-4-36-20-12-13-23(29)22(15-20)26(32)24-25(17-6-5-7-21(14-17)37-16(2)31)30(28(34)27(24)33)18-8-10-19(35-3)11-9-18/h5-15,25,32H,4H2,1-3H3/b26-24+. The van der Waals surface area contributed by atoms with Crippen LogP contribution in [0.25, 0.3) is 5.76 Å². The Kier molecular flexibility index (Phi) is 7.50. The highest BCUT2D eigenvalue weighted by atomic mass is 35.5. The van der Waals surface area contributed by atoms with Crippen molar-refractivity contribution in [3.63, 3.8) is 0 Å². The Hall–Kier alpha value is -4.30. The fraction of sp³-hybridized carbons (Fsp3) is 0.179. The van der Waals surface area contributed by atoms with Gasteiger partial charge in [-0.15, -0.1) is 0 Å². The van der Waals surface area contributed by atoms with Crippen LogP contribution >= 0.6 is 11.6 Å². The van der Waals surface area contributed by atoms with E-state index in [1.54, 1.807) is 54.6 Å². The Balaban J connectivity index is 1.94. The third-order valence-corrected chi connectivity index (χ3v) is 6.06. The number of halogens is 1. The van der Waals surface area contributed by atoms with E-state index in [9.17, 15) is 19.5 Å². The lowest BCUT2D eigenvalue weighted by molar-refractivity contribution is -0.132. The van der Waals surface area contributed by atoms with Gasteiger partial charge in [0, 0.05) is 18.2 Å². The predicted molar refractivity (Wildman–Crippen MR) is 138 cm³/mol. The molecule has 0 aromatic heterocycles. The van der Waals surface area contributed by atoms with E-state index >= 15 is 0 Å². The molecular weight excluding hydrogens is 498 g/mol. The third kappa shape index (κ3) is 5.15. The van der Waals surface area contributed by atoms with Gasteiger partial charge < -0.3 is 19.3 Å². The second-order valence-electron chi connectivity index (χ2n) is 8.11. The van der Waals surface area contributed by atoms with Gasteiger partial charge in [0.2, 0.25) is 0 Å². The maximum Gasteiger partial charge on any atom is 0.308 e. The number of Topliss-reactive ketones (excluding diaryl/α,β-unsaturated/α-hetero) is 1. The highest BCUT2D eigenvalue weighted by Crippen LogP contribution is 2.44. The van der Waals surface area contributed by atoms with E-state index < -0.39 is 29.5 Å². The maximum absolute atomic E-state index is 13.4. The predicted octanol–water partition coefficient (Wildman–Crippen LogP) is 5.30. The van der Waals surface area contributed by atoms with Crippen molar-refractivity contribution in [1.82, 2.24) is 0 Å². The number of rotatable bonds is 7. The zero-order valence-electron chi connectivity index (χ0n) is 20.4. The molecule has 0 bridgehead atoms. The second kappa shape index (κ2) is 10.8. The topological polar surface area (TPSA) is 102 Å². The molecule has 9 heteroatoms. The largest absolute Gasteiger partial charge is 0.507 e.